The first kappa shape index (κ1) is 13.6. The monoisotopic (exact) mass is 273 g/mol. The van der Waals surface area contributed by atoms with Gasteiger partial charge >= 0.3 is 0 Å². The van der Waals surface area contributed by atoms with Crippen LogP contribution in [0.25, 0.3) is 0 Å². The Kier molecular flexibility index (Phi) is 3.74. The van der Waals surface area contributed by atoms with E-state index in [1.807, 2.05) is 12.3 Å². The van der Waals surface area contributed by atoms with Crippen LogP contribution in [0.4, 0.5) is 0 Å². The number of piperidine rings is 1. The van der Waals surface area contributed by atoms with Crippen molar-refractivity contribution >= 4 is 5.91 Å². The lowest BCUT2D eigenvalue weighted by Gasteiger charge is -2.38. The lowest BCUT2D eigenvalue weighted by molar-refractivity contribution is -0.143. The minimum Gasteiger partial charge on any atom is -0.335 e. The summed E-state index contributed by atoms with van der Waals surface area (Å²) in [7, 11) is 0. The number of hydrogen-bond donors (Lipinski definition) is 1. The number of amides is 1. The minimum atomic E-state index is -0.184. The molecule has 1 atom stereocenters. The number of rotatable bonds is 2. The maximum Gasteiger partial charge on any atom is 0.229 e. The Morgan fingerprint density at radius 1 is 1.45 bits per heavy atom. The van der Waals surface area contributed by atoms with E-state index < -0.39 is 0 Å². The van der Waals surface area contributed by atoms with Gasteiger partial charge in [-0.25, -0.2) is 0 Å². The summed E-state index contributed by atoms with van der Waals surface area (Å²) in [5, 5.41) is 3.35. The third-order valence-electron chi connectivity index (χ3n) is 4.81. The summed E-state index contributed by atoms with van der Waals surface area (Å²) in [6, 6.07) is 4.28. The molecule has 0 saturated carbocycles. The molecular weight excluding hydrogens is 250 g/mol. The third-order valence-corrected chi connectivity index (χ3v) is 4.81. The predicted molar refractivity (Wildman–Crippen MR) is 78.1 cm³/mol. The van der Waals surface area contributed by atoms with E-state index >= 15 is 0 Å². The van der Waals surface area contributed by atoms with Gasteiger partial charge in [-0.2, -0.15) is 0 Å². The zero-order valence-electron chi connectivity index (χ0n) is 12.1. The van der Waals surface area contributed by atoms with Crippen molar-refractivity contribution in [1.82, 2.24) is 15.2 Å². The molecule has 4 heteroatoms. The van der Waals surface area contributed by atoms with Crippen LogP contribution < -0.4 is 5.32 Å². The van der Waals surface area contributed by atoms with E-state index in [4.69, 9.17) is 0 Å². The maximum atomic E-state index is 13.0. The van der Waals surface area contributed by atoms with Crippen LogP contribution in [0.3, 0.4) is 0 Å². The second-order valence-corrected chi connectivity index (χ2v) is 6.25. The highest BCUT2D eigenvalue weighted by Gasteiger charge is 2.41. The van der Waals surface area contributed by atoms with E-state index in [1.165, 1.54) is 5.56 Å². The minimum absolute atomic E-state index is 0.184. The lowest BCUT2D eigenvalue weighted by atomic mass is 9.79. The van der Waals surface area contributed by atoms with Crippen molar-refractivity contribution in [2.24, 2.45) is 5.41 Å². The van der Waals surface area contributed by atoms with Crippen molar-refractivity contribution < 1.29 is 4.79 Å². The van der Waals surface area contributed by atoms with Gasteiger partial charge in [-0.1, -0.05) is 13.0 Å². The molecule has 2 saturated heterocycles. The second kappa shape index (κ2) is 5.52. The SMILES string of the molecule is CC1(C(=O)N2CCCC2c2cccnc2)CCNCC1. The molecule has 0 aliphatic carbocycles. The molecule has 0 bridgehead atoms. The largest absolute Gasteiger partial charge is 0.335 e. The smallest absolute Gasteiger partial charge is 0.229 e. The van der Waals surface area contributed by atoms with Gasteiger partial charge in [-0.3, -0.25) is 9.78 Å². The van der Waals surface area contributed by atoms with E-state index in [0.717, 1.165) is 45.3 Å². The average Bonchev–Trinajstić information content (AvgIpc) is 2.97. The zero-order valence-corrected chi connectivity index (χ0v) is 12.1. The van der Waals surface area contributed by atoms with Crippen LogP contribution in [0.2, 0.25) is 0 Å². The highest BCUT2D eigenvalue weighted by molar-refractivity contribution is 5.83. The first-order valence-electron chi connectivity index (χ1n) is 7.62. The van der Waals surface area contributed by atoms with Crippen molar-refractivity contribution in [3.05, 3.63) is 30.1 Å². The van der Waals surface area contributed by atoms with Gasteiger partial charge in [-0.15, -0.1) is 0 Å². The predicted octanol–water partition coefficient (Wildman–Crippen LogP) is 2.13. The number of nitrogens with one attached hydrogen (secondary N) is 1. The first-order chi connectivity index (χ1) is 9.71. The number of nitrogens with zero attached hydrogens (tertiary/aromatic N) is 2. The molecular formula is C16H23N3O. The number of hydrogen-bond acceptors (Lipinski definition) is 3. The molecule has 2 aliphatic rings. The number of pyridine rings is 1. The summed E-state index contributed by atoms with van der Waals surface area (Å²) in [4.78, 5) is 19.3. The Bertz CT molecular complexity index is 468. The van der Waals surface area contributed by atoms with E-state index in [9.17, 15) is 4.79 Å². The first-order valence-corrected chi connectivity index (χ1v) is 7.62. The molecule has 0 aromatic carbocycles. The summed E-state index contributed by atoms with van der Waals surface area (Å²) >= 11 is 0. The standard InChI is InChI=1S/C16H23N3O/c1-16(6-9-17-10-7-16)15(20)19-11-3-5-14(19)13-4-2-8-18-12-13/h2,4,8,12,14,17H,3,5-7,9-11H2,1H3. The number of carbonyl (C=O) groups is 1. The van der Waals surface area contributed by atoms with Crippen molar-refractivity contribution in [3.63, 3.8) is 0 Å². The van der Waals surface area contributed by atoms with Gasteiger partial charge in [0.1, 0.15) is 0 Å². The molecule has 3 rings (SSSR count). The quantitative estimate of drug-likeness (QED) is 0.898. The average molecular weight is 273 g/mol. The van der Waals surface area contributed by atoms with Crippen LogP contribution in [0, 0.1) is 5.41 Å². The normalized spacial score (nSPS) is 25.6. The number of carbonyl (C=O) groups excluding carboxylic acids is 1. The van der Waals surface area contributed by atoms with E-state index in [-0.39, 0.29) is 11.5 Å². The molecule has 20 heavy (non-hydrogen) atoms. The van der Waals surface area contributed by atoms with E-state index in [1.54, 1.807) is 6.20 Å². The van der Waals surface area contributed by atoms with Gasteiger partial charge < -0.3 is 10.2 Å². The highest BCUT2D eigenvalue weighted by Crippen LogP contribution is 2.38. The maximum absolute atomic E-state index is 13.0. The molecule has 2 aliphatic heterocycles. The van der Waals surface area contributed by atoms with E-state index in [2.05, 4.69) is 28.2 Å². The van der Waals surface area contributed by atoms with Crippen LogP contribution in [-0.4, -0.2) is 35.4 Å². The topological polar surface area (TPSA) is 45.2 Å². The fourth-order valence-electron chi connectivity index (χ4n) is 3.47. The lowest BCUT2D eigenvalue weighted by Crippen LogP contribution is -2.47. The Hall–Kier alpha value is -1.42. The fraction of sp³-hybridized carbons (Fsp3) is 0.625. The van der Waals surface area contributed by atoms with Crippen LogP contribution in [0.1, 0.15) is 44.2 Å². The number of aromatic nitrogens is 1. The molecule has 1 amide bonds. The molecule has 3 heterocycles. The Morgan fingerprint density at radius 2 is 2.25 bits per heavy atom. The Balaban J connectivity index is 1.80. The third kappa shape index (κ3) is 2.44. The Labute approximate surface area is 120 Å². The van der Waals surface area contributed by atoms with Gasteiger partial charge in [0, 0.05) is 24.4 Å². The number of likely N-dealkylation sites (tertiary alicyclic amines) is 1. The van der Waals surface area contributed by atoms with Crippen molar-refractivity contribution in [1.29, 1.82) is 0 Å². The van der Waals surface area contributed by atoms with Crippen molar-refractivity contribution in [2.75, 3.05) is 19.6 Å². The van der Waals surface area contributed by atoms with E-state index in [0.29, 0.717) is 5.91 Å². The summed E-state index contributed by atoms with van der Waals surface area (Å²) in [6.45, 7) is 4.93. The Morgan fingerprint density at radius 3 is 2.95 bits per heavy atom. The molecule has 2 fully saturated rings. The van der Waals surface area contributed by atoms with Gasteiger partial charge in [0.15, 0.2) is 0 Å². The summed E-state index contributed by atoms with van der Waals surface area (Å²) < 4.78 is 0. The second-order valence-electron chi connectivity index (χ2n) is 6.25. The molecule has 1 unspecified atom stereocenters. The molecule has 0 spiro atoms. The molecule has 0 radical (unpaired) electrons. The molecule has 1 N–H and O–H groups in total. The van der Waals surface area contributed by atoms with Crippen LogP contribution in [0.5, 0.6) is 0 Å². The van der Waals surface area contributed by atoms with Gasteiger partial charge in [-0.05, 0) is 50.4 Å². The van der Waals surface area contributed by atoms with Gasteiger partial charge in [0.25, 0.3) is 0 Å². The summed E-state index contributed by atoms with van der Waals surface area (Å²) in [6.07, 6.45) is 7.75. The van der Waals surface area contributed by atoms with Gasteiger partial charge in [0.05, 0.1) is 6.04 Å². The fourth-order valence-corrected chi connectivity index (χ4v) is 3.47. The molecule has 1 aromatic rings. The van der Waals surface area contributed by atoms with Crippen molar-refractivity contribution in [3.8, 4) is 0 Å². The van der Waals surface area contributed by atoms with Crippen LogP contribution >= 0.6 is 0 Å². The summed E-state index contributed by atoms with van der Waals surface area (Å²) in [5.41, 5.74) is 0.992. The van der Waals surface area contributed by atoms with Gasteiger partial charge in [0.2, 0.25) is 5.91 Å². The molecule has 4 nitrogen and oxygen atoms in total. The van der Waals surface area contributed by atoms with Crippen LogP contribution in [-0.2, 0) is 4.79 Å². The highest BCUT2D eigenvalue weighted by atomic mass is 16.2. The molecule has 108 valence electrons. The molecule has 1 aromatic heterocycles. The van der Waals surface area contributed by atoms with Crippen molar-refractivity contribution in [2.45, 2.75) is 38.6 Å². The summed E-state index contributed by atoms with van der Waals surface area (Å²) in [5.74, 6) is 0.338. The zero-order chi connectivity index (χ0) is 14.0. The van der Waals surface area contributed by atoms with Crippen LogP contribution in [0.15, 0.2) is 24.5 Å².